The number of nitrogens with zero attached hydrogens (tertiary/aromatic N) is 1. The topological polar surface area (TPSA) is 3.24 Å². The Hall–Kier alpha value is -2.57. The molecular weight excluding hydrogens is 627 g/mol. The first-order chi connectivity index (χ1) is 21.7. The Balaban J connectivity index is 1.54. The van der Waals surface area contributed by atoms with Crippen molar-refractivity contribution < 1.29 is 0 Å². The molecule has 4 aromatic carbocycles. The molecule has 5 aromatic rings. The number of benzene rings is 4. The summed E-state index contributed by atoms with van der Waals surface area (Å²) in [5.41, 5.74) is 15.2. The van der Waals surface area contributed by atoms with E-state index in [2.05, 4.69) is 127 Å². The van der Waals surface area contributed by atoms with Gasteiger partial charge in [-0.15, -0.1) is 0 Å². The summed E-state index contributed by atoms with van der Waals surface area (Å²) in [5.74, 6) is 0. The molecule has 0 saturated heterocycles. The van der Waals surface area contributed by atoms with Crippen molar-refractivity contribution in [2.24, 2.45) is 0 Å². The molecule has 0 spiro atoms. The molecule has 1 aromatic heterocycles. The number of rotatable bonds is 6. The number of hydrogen-bond acceptors (Lipinski definition) is 1. The number of fused-ring (bicyclic) bond motifs is 6. The van der Waals surface area contributed by atoms with Crippen LogP contribution in [0, 0.1) is 0 Å². The zero-order valence-corrected chi connectivity index (χ0v) is 30.9. The first kappa shape index (κ1) is 29.8. The molecule has 4 heteroatoms. The maximum absolute atomic E-state index is 2.71. The Morgan fingerprint density at radius 3 is 2.07 bits per heavy atom. The summed E-state index contributed by atoms with van der Waals surface area (Å²) in [6, 6.07) is 27.4. The molecule has 1 nitrogen and oxygen atoms in total. The van der Waals surface area contributed by atoms with Crippen LogP contribution in [0.3, 0.4) is 0 Å². The van der Waals surface area contributed by atoms with E-state index in [1.807, 2.05) is 0 Å². The second-order valence-electron chi connectivity index (χ2n) is 14.2. The summed E-state index contributed by atoms with van der Waals surface area (Å²) < 4.78 is 3.23. The SMILES string of the molecule is CCc1ccc(N2c3cc(CC)cc4c3B(c3cc(CC)cc5c3P4C(C)(C)C5(C)CC)c3[se]c4ccc(CC)cc4c32)cc1. The van der Waals surface area contributed by atoms with Crippen molar-refractivity contribution in [1.82, 2.24) is 0 Å². The van der Waals surface area contributed by atoms with Crippen molar-refractivity contribution in [3.8, 4) is 0 Å². The number of aryl methyl sites for hydroxylation is 4. The van der Waals surface area contributed by atoms with E-state index in [0.29, 0.717) is 6.71 Å². The Morgan fingerprint density at radius 2 is 1.40 bits per heavy atom. The fraction of sp³-hybridized carbons (Fsp3) is 0.366. The van der Waals surface area contributed by atoms with Crippen LogP contribution in [0.5, 0.6) is 0 Å². The van der Waals surface area contributed by atoms with Gasteiger partial charge in [0.15, 0.2) is 0 Å². The van der Waals surface area contributed by atoms with Crippen LogP contribution in [0.2, 0.25) is 0 Å². The van der Waals surface area contributed by atoms with E-state index in [1.165, 1.54) is 51.1 Å². The van der Waals surface area contributed by atoms with Crippen LogP contribution >= 0.6 is 7.92 Å². The summed E-state index contributed by atoms with van der Waals surface area (Å²) in [6.07, 6.45) is 5.46. The molecule has 0 N–H and O–H groups in total. The molecule has 0 saturated carbocycles. The molecule has 2 atom stereocenters. The molecule has 228 valence electrons. The molecule has 3 aliphatic heterocycles. The third-order valence-electron chi connectivity index (χ3n) is 12.0. The summed E-state index contributed by atoms with van der Waals surface area (Å²) in [6.45, 7) is 19.9. The van der Waals surface area contributed by atoms with Crippen LogP contribution in [0.1, 0.15) is 89.6 Å². The summed E-state index contributed by atoms with van der Waals surface area (Å²) in [5, 5.41) is 5.07. The second kappa shape index (κ2) is 10.5. The minimum absolute atomic E-state index is 0.156. The first-order valence-electron chi connectivity index (χ1n) is 17.3. The van der Waals surface area contributed by atoms with Gasteiger partial charge >= 0.3 is 279 Å². The van der Waals surface area contributed by atoms with Gasteiger partial charge < -0.3 is 0 Å². The number of anilines is 3. The Bertz CT molecular complexity index is 2000. The molecule has 45 heavy (non-hydrogen) atoms. The fourth-order valence-electron chi connectivity index (χ4n) is 8.76. The summed E-state index contributed by atoms with van der Waals surface area (Å²) in [7, 11) is -0.522. The van der Waals surface area contributed by atoms with Gasteiger partial charge in [0.25, 0.3) is 0 Å². The van der Waals surface area contributed by atoms with Crippen LogP contribution in [0.25, 0.3) is 9.65 Å². The van der Waals surface area contributed by atoms with Crippen LogP contribution in [-0.4, -0.2) is 26.4 Å². The van der Waals surface area contributed by atoms with Gasteiger partial charge in [-0.1, -0.05) is 0 Å². The van der Waals surface area contributed by atoms with Crippen LogP contribution in [0.4, 0.5) is 17.1 Å². The van der Waals surface area contributed by atoms with E-state index in [-0.39, 0.29) is 25.1 Å². The minimum atomic E-state index is -0.522. The van der Waals surface area contributed by atoms with Crippen LogP contribution < -0.4 is 30.8 Å². The molecular formula is C41H45BNPSe. The molecule has 4 heterocycles. The summed E-state index contributed by atoms with van der Waals surface area (Å²) in [4.78, 5) is 2.71. The predicted molar refractivity (Wildman–Crippen MR) is 202 cm³/mol. The average molecular weight is 673 g/mol. The quantitative estimate of drug-likeness (QED) is 0.130. The van der Waals surface area contributed by atoms with Gasteiger partial charge in [-0.05, 0) is 0 Å². The predicted octanol–water partition coefficient (Wildman–Crippen LogP) is 7.65. The van der Waals surface area contributed by atoms with Crippen molar-refractivity contribution in [1.29, 1.82) is 0 Å². The number of hydrogen-bond donors (Lipinski definition) is 0. The molecule has 0 radical (unpaired) electrons. The molecule has 0 fully saturated rings. The third-order valence-corrected chi connectivity index (χ3v) is 18.0. The normalized spacial score (nSPS) is 20.4. The zero-order chi connectivity index (χ0) is 31.4. The molecule has 0 amide bonds. The summed E-state index contributed by atoms with van der Waals surface area (Å²) >= 11 is 0.277. The van der Waals surface area contributed by atoms with E-state index in [1.54, 1.807) is 35.7 Å². The monoisotopic (exact) mass is 673 g/mol. The fourth-order valence-corrected chi connectivity index (χ4v) is 15.4. The van der Waals surface area contributed by atoms with E-state index in [4.69, 9.17) is 0 Å². The second-order valence-corrected chi connectivity index (χ2v) is 19.2. The van der Waals surface area contributed by atoms with E-state index < -0.39 is 7.92 Å². The van der Waals surface area contributed by atoms with Crippen molar-refractivity contribution in [3.63, 3.8) is 0 Å². The van der Waals surface area contributed by atoms with Gasteiger partial charge in [0.1, 0.15) is 0 Å². The molecule has 0 bridgehead atoms. The van der Waals surface area contributed by atoms with Crippen molar-refractivity contribution in [2.75, 3.05) is 4.90 Å². The van der Waals surface area contributed by atoms with E-state index >= 15 is 0 Å². The van der Waals surface area contributed by atoms with E-state index in [9.17, 15) is 0 Å². The third kappa shape index (κ3) is 3.91. The van der Waals surface area contributed by atoms with Gasteiger partial charge in [0.2, 0.25) is 0 Å². The molecule has 8 rings (SSSR count). The van der Waals surface area contributed by atoms with Gasteiger partial charge in [0, 0.05) is 0 Å². The van der Waals surface area contributed by atoms with Crippen molar-refractivity contribution in [2.45, 2.75) is 98.1 Å². The van der Waals surface area contributed by atoms with Crippen molar-refractivity contribution in [3.05, 3.63) is 94.5 Å². The Labute approximate surface area is 278 Å². The molecule has 2 unspecified atom stereocenters. The maximum atomic E-state index is 2.71. The van der Waals surface area contributed by atoms with E-state index in [0.717, 1.165) is 25.7 Å². The van der Waals surface area contributed by atoms with Gasteiger partial charge in [0.05, 0.1) is 0 Å². The van der Waals surface area contributed by atoms with Crippen LogP contribution in [-0.2, 0) is 31.1 Å². The zero-order valence-electron chi connectivity index (χ0n) is 28.3. The van der Waals surface area contributed by atoms with Crippen LogP contribution in [0.15, 0.2) is 66.7 Å². The molecule has 0 aliphatic carbocycles. The van der Waals surface area contributed by atoms with Gasteiger partial charge in [-0.25, -0.2) is 0 Å². The van der Waals surface area contributed by atoms with Crippen molar-refractivity contribution >= 4 is 81.7 Å². The van der Waals surface area contributed by atoms with Gasteiger partial charge in [-0.3, -0.25) is 0 Å². The van der Waals surface area contributed by atoms with Gasteiger partial charge in [-0.2, -0.15) is 0 Å². The average Bonchev–Trinajstić information content (AvgIpc) is 3.52. The standard InChI is InChI=1S/C41H45BNPSe/c1-9-25-14-17-29(18-15-25)43-33-23-28(12-4)24-34-36(33)42(39-37(43)30-20-26(10-2)16-19-35(30)45-39)32-22-27(11-3)21-31-38(32)44(34)40(6,7)41(31,8)13-5/h14-24H,9-13H2,1-8H3. The first-order valence-corrected chi connectivity index (χ1v) is 20.3. The Kier molecular flexibility index (Phi) is 6.94. The molecule has 3 aliphatic rings. The Morgan fingerprint density at radius 1 is 0.733 bits per heavy atom.